The van der Waals surface area contributed by atoms with Crippen molar-refractivity contribution in [1.29, 1.82) is 0 Å². The van der Waals surface area contributed by atoms with E-state index in [2.05, 4.69) is 0 Å². The lowest BCUT2D eigenvalue weighted by Gasteiger charge is -2.23. The molecule has 0 amide bonds. The van der Waals surface area contributed by atoms with Gasteiger partial charge in [-0.25, -0.2) is 9.18 Å². The van der Waals surface area contributed by atoms with Crippen LogP contribution in [0.25, 0.3) is 6.08 Å². The maximum Gasteiger partial charge on any atom is 0.328 e. The number of rotatable bonds is 5. The fourth-order valence-electron chi connectivity index (χ4n) is 1.70. The molecule has 0 fully saturated rings. The van der Waals surface area contributed by atoms with Crippen molar-refractivity contribution >= 4 is 17.7 Å². The van der Waals surface area contributed by atoms with E-state index in [1.165, 1.54) is 12.1 Å². The van der Waals surface area contributed by atoms with E-state index < -0.39 is 5.97 Å². The van der Waals surface area contributed by atoms with Crippen LogP contribution in [0.1, 0.15) is 19.4 Å². The van der Waals surface area contributed by atoms with Crippen molar-refractivity contribution in [3.63, 3.8) is 0 Å². The van der Waals surface area contributed by atoms with Gasteiger partial charge in [0.05, 0.1) is 5.69 Å². The first-order valence-electron chi connectivity index (χ1n) is 5.54. The summed E-state index contributed by atoms with van der Waals surface area (Å²) in [6.07, 6.45) is 2.43. The number of carboxylic acids is 1. The monoisotopic (exact) mass is 237 g/mol. The third-order valence-corrected chi connectivity index (χ3v) is 2.50. The zero-order chi connectivity index (χ0) is 12.8. The number of aliphatic carboxylic acids is 1. The molecule has 0 bridgehead atoms. The molecule has 0 aliphatic rings. The Labute approximate surface area is 100 Å². The highest BCUT2D eigenvalue weighted by Crippen LogP contribution is 2.25. The predicted octanol–water partition coefficient (Wildman–Crippen LogP) is 2.77. The Bertz CT molecular complexity index is 425. The Morgan fingerprint density at radius 2 is 2.06 bits per heavy atom. The van der Waals surface area contributed by atoms with Gasteiger partial charge in [0.2, 0.25) is 0 Å². The van der Waals surface area contributed by atoms with Gasteiger partial charge < -0.3 is 10.0 Å². The van der Waals surface area contributed by atoms with Crippen LogP contribution < -0.4 is 4.90 Å². The number of carboxylic acid groups (broad SMARTS) is 1. The largest absolute Gasteiger partial charge is 0.478 e. The van der Waals surface area contributed by atoms with Crippen LogP contribution in [0.3, 0.4) is 0 Å². The van der Waals surface area contributed by atoms with Crippen molar-refractivity contribution < 1.29 is 14.3 Å². The Hall–Kier alpha value is -1.84. The average Bonchev–Trinajstić information content (AvgIpc) is 2.30. The molecule has 0 spiro atoms. The van der Waals surface area contributed by atoms with Gasteiger partial charge in [-0.15, -0.1) is 0 Å². The number of carbonyl (C=O) groups is 1. The summed E-state index contributed by atoms with van der Waals surface area (Å²) in [5.74, 6) is -1.37. The SMILES string of the molecule is CCN(CC)c1c(F)cccc1/C=C/C(=O)O. The average molecular weight is 237 g/mol. The molecule has 92 valence electrons. The smallest absolute Gasteiger partial charge is 0.328 e. The van der Waals surface area contributed by atoms with Crippen LogP contribution in [-0.4, -0.2) is 24.2 Å². The van der Waals surface area contributed by atoms with E-state index >= 15 is 0 Å². The molecule has 0 saturated carbocycles. The maximum atomic E-state index is 13.8. The van der Waals surface area contributed by atoms with E-state index in [1.54, 1.807) is 12.1 Å². The van der Waals surface area contributed by atoms with Gasteiger partial charge in [-0.1, -0.05) is 12.1 Å². The first kappa shape index (κ1) is 13.2. The summed E-state index contributed by atoms with van der Waals surface area (Å²) in [4.78, 5) is 12.3. The third-order valence-electron chi connectivity index (χ3n) is 2.50. The van der Waals surface area contributed by atoms with Gasteiger partial charge in [0, 0.05) is 24.7 Å². The first-order valence-corrected chi connectivity index (χ1v) is 5.54. The van der Waals surface area contributed by atoms with E-state index in [4.69, 9.17) is 5.11 Å². The number of hydrogen-bond donors (Lipinski definition) is 1. The fourth-order valence-corrected chi connectivity index (χ4v) is 1.70. The normalized spacial score (nSPS) is 10.8. The highest BCUT2D eigenvalue weighted by atomic mass is 19.1. The van der Waals surface area contributed by atoms with Crippen molar-refractivity contribution in [3.8, 4) is 0 Å². The number of benzene rings is 1. The van der Waals surface area contributed by atoms with E-state index in [0.717, 1.165) is 6.08 Å². The van der Waals surface area contributed by atoms with E-state index in [0.29, 0.717) is 24.3 Å². The molecule has 1 rings (SSSR count). The Kier molecular flexibility index (Phi) is 4.69. The molecule has 4 heteroatoms. The summed E-state index contributed by atoms with van der Waals surface area (Å²) in [5.41, 5.74) is 1.03. The van der Waals surface area contributed by atoms with E-state index in [-0.39, 0.29) is 5.82 Å². The standard InChI is InChI=1S/C13H16FNO2/c1-3-15(4-2)13-10(8-9-12(16)17)6-5-7-11(13)14/h5-9H,3-4H2,1-2H3,(H,16,17)/b9-8+. The molecule has 0 atom stereocenters. The molecule has 0 saturated heterocycles. The molecule has 0 aliphatic carbocycles. The second kappa shape index (κ2) is 6.03. The van der Waals surface area contributed by atoms with Crippen LogP contribution in [0.15, 0.2) is 24.3 Å². The van der Waals surface area contributed by atoms with Gasteiger partial charge in [0.15, 0.2) is 0 Å². The molecule has 0 unspecified atom stereocenters. The number of hydrogen-bond acceptors (Lipinski definition) is 2. The molecule has 1 aromatic carbocycles. The molecule has 3 nitrogen and oxygen atoms in total. The Morgan fingerprint density at radius 3 is 2.59 bits per heavy atom. The summed E-state index contributed by atoms with van der Waals surface area (Å²) in [5, 5.41) is 8.59. The lowest BCUT2D eigenvalue weighted by atomic mass is 10.1. The Morgan fingerprint density at radius 1 is 1.41 bits per heavy atom. The van der Waals surface area contributed by atoms with Gasteiger partial charge in [-0.3, -0.25) is 0 Å². The van der Waals surface area contributed by atoms with Crippen LogP contribution in [0, 0.1) is 5.82 Å². The van der Waals surface area contributed by atoms with Crippen LogP contribution in [0.2, 0.25) is 0 Å². The van der Waals surface area contributed by atoms with Gasteiger partial charge in [-0.2, -0.15) is 0 Å². The number of halogens is 1. The van der Waals surface area contributed by atoms with Crippen LogP contribution in [0.5, 0.6) is 0 Å². The van der Waals surface area contributed by atoms with Crippen LogP contribution in [0.4, 0.5) is 10.1 Å². The Balaban J connectivity index is 3.20. The van der Waals surface area contributed by atoms with Gasteiger partial charge in [-0.05, 0) is 26.0 Å². The predicted molar refractivity (Wildman–Crippen MR) is 66.6 cm³/mol. The van der Waals surface area contributed by atoms with Crippen LogP contribution >= 0.6 is 0 Å². The van der Waals surface area contributed by atoms with Crippen LogP contribution in [-0.2, 0) is 4.79 Å². The first-order chi connectivity index (χ1) is 8.10. The summed E-state index contributed by atoms with van der Waals surface area (Å²) >= 11 is 0. The fraction of sp³-hybridized carbons (Fsp3) is 0.308. The topological polar surface area (TPSA) is 40.5 Å². The zero-order valence-electron chi connectivity index (χ0n) is 9.98. The molecule has 1 N–H and O–H groups in total. The quantitative estimate of drug-likeness (QED) is 0.800. The molecule has 17 heavy (non-hydrogen) atoms. The van der Waals surface area contributed by atoms with Gasteiger partial charge in [0.1, 0.15) is 5.82 Å². The number of anilines is 1. The van der Waals surface area contributed by atoms with Crippen molar-refractivity contribution in [2.75, 3.05) is 18.0 Å². The highest BCUT2D eigenvalue weighted by Gasteiger charge is 2.11. The minimum atomic E-state index is -1.04. The minimum Gasteiger partial charge on any atom is -0.478 e. The van der Waals surface area contributed by atoms with Crippen molar-refractivity contribution in [1.82, 2.24) is 0 Å². The molecule has 0 heterocycles. The number of nitrogens with zero attached hydrogens (tertiary/aromatic N) is 1. The van der Waals surface area contributed by atoms with E-state index in [9.17, 15) is 9.18 Å². The van der Waals surface area contributed by atoms with Gasteiger partial charge >= 0.3 is 5.97 Å². The molecule has 0 aromatic heterocycles. The van der Waals surface area contributed by atoms with Crippen molar-refractivity contribution in [3.05, 3.63) is 35.7 Å². The number of para-hydroxylation sites is 1. The highest BCUT2D eigenvalue weighted by molar-refractivity contribution is 5.87. The summed E-state index contributed by atoms with van der Waals surface area (Å²) in [7, 11) is 0. The molecule has 1 aromatic rings. The molecule has 0 radical (unpaired) electrons. The second-order valence-corrected chi connectivity index (χ2v) is 3.52. The minimum absolute atomic E-state index is 0.332. The molecule has 0 aliphatic heterocycles. The lowest BCUT2D eigenvalue weighted by Crippen LogP contribution is -2.23. The van der Waals surface area contributed by atoms with Gasteiger partial charge in [0.25, 0.3) is 0 Å². The molecular weight excluding hydrogens is 221 g/mol. The van der Waals surface area contributed by atoms with Crippen molar-refractivity contribution in [2.24, 2.45) is 0 Å². The maximum absolute atomic E-state index is 13.8. The van der Waals surface area contributed by atoms with Crippen molar-refractivity contribution in [2.45, 2.75) is 13.8 Å². The third kappa shape index (κ3) is 3.31. The lowest BCUT2D eigenvalue weighted by molar-refractivity contribution is -0.131. The summed E-state index contributed by atoms with van der Waals surface area (Å²) in [6, 6.07) is 4.66. The second-order valence-electron chi connectivity index (χ2n) is 3.52. The summed E-state index contributed by atoms with van der Waals surface area (Å²) in [6.45, 7) is 5.21. The zero-order valence-corrected chi connectivity index (χ0v) is 9.98. The van der Waals surface area contributed by atoms with E-state index in [1.807, 2.05) is 18.7 Å². The summed E-state index contributed by atoms with van der Waals surface area (Å²) < 4.78 is 13.8. The molecular formula is C13H16FNO2.